The highest BCUT2D eigenvalue weighted by Gasteiger charge is 2.08. The molecule has 92 valence electrons. The van der Waals surface area contributed by atoms with Crippen molar-refractivity contribution in [2.45, 2.75) is 12.8 Å². The van der Waals surface area contributed by atoms with Gasteiger partial charge in [0.25, 0.3) is 0 Å². The third-order valence-electron chi connectivity index (χ3n) is 2.82. The number of aryl methyl sites for hydroxylation is 1. The number of benzene rings is 2. The lowest BCUT2D eigenvalue weighted by Crippen LogP contribution is -2.04. The summed E-state index contributed by atoms with van der Waals surface area (Å²) in [5.41, 5.74) is 8.11. The Morgan fingerprint density at radius 2 is 1.72 bits per heavy atom. The maximum absolute atomic E-state index is 12.0. The second kappa shape index (κ2) is 5.83. The van der Waals surface area contributed by atoms with Crippen molar-refractivity contribution in [3.05, 3.63) is 64.1 Å². The van der Waals surface area contributed by atoms with Crippen molar-refractivity contribution in [3.8, 4) is 0 Å². The van der Waals surface area contributed by atoms with Crippen LogP contribution in [0, 0.1) is 0 Å². The first-order valence-electron chi connectivity index (χ1n) is 5.79. The van der Waals surface area contributed by atoms with E-state index in [-0.39, 0.29) is 5.78 Å². The van der Waals surface area contributed by atoms with Crippen molar-refractivity contribution >= 4 is 27.4 Å². The number of rotatable bonds is 4. The molecule has 3 heteroatoms. The Kier molecular flexibility index (Phi) is 4.15. The third-order valence-corrected chi connectivity index (χ3v) is 3.34. The zero-order valence-corrected chi connectivity index (χ0v) is 11.5. The molecule has 0 bridgehead atoms. The molecule has 0 spiro atoms. The zero-order valence-electron chi connectivity index (χ0n) is 9.90. The molecule has 0 fully saturated rings. The van der Waals surface area contributed by atoms with Gasteiger partial charge in [-0.25, -0.2) is 0 Å². The van der Waals surface area contributed by atoms with Crippen molar-refractivity contribution in [2.75, 3.05) is 5.73 Å². The van der Waals surface area contributed by atoms with Gasteiger partial charge in [-0.05, 0) is 36.2 Å². The number of halogens is 1. The summed E-state index contributed by atoms with van der Waals surface area (Å²) in [6.45, 7) is 0. The summed E-state index contributed by atoms with van der Waals surface area (Å²) in [4.78, 5) is 12.0. The third kappa shape index (κ3) is 3.20. The van der Waals surface area contributed by atoms with Crippen LogP contribution in [-0.2, 0) is 6.42 Å². The van der Waals surface area contributed by atoms with Gasteiger partial charge in [-0.15, -0.1) is 0 Å². The first-order valence-corrected chi connectivity index (χ1v) is 6.58. The van der Waals surface area contributed by atoms with Gasteiger partial charge < -0.3 is 5.73 Å². The fraction of sp³-hybridized carbons (Fsp3) is 0.133. The van der Waals surface area contributed by atoms with Crippen molar-refractivity contribution < 1.29 is 4.79 Å². The predicted molar refractivity (Wildman–Crippen MR) is 77.6 cm³/mol. The van der Waals surface area contributed by atoms with Crippen LogP contribution in [0.3, 0.4) is 0 Å². The summed E-state index contributed by atoms with van der Waals surface area (Å²) in [6, 6.07) is 15.2. The van der Waals surface area contributed by atoms with Crippen molar-refractivity contribution in [1.29, 1.82) is 0 Å². The number of hydrogen-bond donors (Lipinski definition) is 1. The molecule has 0 radical (unpaired) electrons. The average molecular weight is 304 g/mol. The number of nitrogens with two attached hydrogens (primary N) is 1. The number of para-hydroxylation sites is 1. The highest BCUT2D eigenvalue weighted by molar-refractivity contribution is 9.10. The number of carbonyl (C=O) groups excluding carboxylic acids is 1. The standard InChI is InChI=1S/C15H14BrNO/c16-12-8-5-11(6-9-12)7-10-15(18)13-3-1-2-4-14(13)17/h1-6,8-9H,7,10,17H2. The molecule has 2 N–H and O–H groups in total. The molecule has 0 saturated carbocycles. The lowest BCUT2D eigenvalue weighted by atomic mass is 10.0. The Balaban J connectivity index is 2.01. The Labute approximate surface area is 115 Å². The highest BCUT2D eigenvalue weighted by Crippen LogP contribution is 2.16. The van der Waals surface area contributed by atoms with Crippen LogP contribution in [0.2, 0.25) is 0 Å². The fourth-order valence-corrected chi connectivity index (χ4v) is 2.06. The van der Waals surface area contributed by atoms with Crippen LogP contribution in [0.4, 0.5) is 5.69 Å². The van der Waals surface area contributed by atoms with E-state index in [1.807, 2.05) is 36.4 Å². The Morgan fingerprint density at radius 3 is 2.39 bits per heavy atom. The van der Waals surface area contributed by atoms with Gasteiger partial charge in [-0.2, -0.15) is 0 Å². The number of hydrogen-bond acceptors (Lipinski definition) is 2. The minimum absolute atomic E-state index is 0.0935. The van der Waals surface area contributed by atoms with Gasteiger partial charge in [-0.1, -0.05) is 40.2 Å². The molecular weight excluding hydrogens is 290 g/mol. The van der Waals surface area contributed by atoms with Crippen LogP contribution in [0.5, 0.6) is 0 Å². The summed E-state index contributed by atoms with van der Waals surface area (Å²) in [7, 11) is 0. The van der Waals surface area contributed by atoms with E-state index < -0.39 is 0 Å². The SMILES string of the molecule is Nc1ccccc1C(=O)CCc1ccc(Br)cc1. The molecule has 18 heavy (non-hydrogen) atoms. The smallest absolute Gasteiger partial charge is 0.165 e. The monoisotopic (exact) mass is 303 g/mol. The molecule has 0 unspecified atom stereocenters. The number of carbonyl (C=O) groups is 1. The second-order valence-corrected chi connectivity index (χ2v) is 5.05. The minimum atomic E-state index is 0.0935. The van der Waals surface area contributed by atoms with Crippen molar-refractivity contribution in [3.63, 3.8) is 0 Å². The summed E-state index contributed by atoms with van der Waals surface area (Å²) < 4.78 is 1.05. The molecule has 0 atom stereocenters. The zero-order chi connectivity index (χ0) is 13.0. The molecule has 0 saturated heterocycles. The van der Waals surface area contributed by atoms with Crippen LogP contribution in [0.25, 0.3) is 0 Å². The molecule has 2 aromatic carbocycles. The average Bonchev–Trinajstić information content (AvgIpc) is 2.38. The van der Waals surface area contributed by atoms with Gasteiger partial charge in [-0.3, -0.25) is 4.79 Å². The Bertz CT molecular complexity index is 549. The van der Waals surface area contributed by atoms with E-state index in [1.54, 1.807) is 12.1 Å². The molecule has 0 aliphatic carbocycles. The van der Waals surface area contributed by atoms with E-state index in [1.165, 1.54) is 0 Å². The normalized spacial score (nSPS) is 10.3. The first-order chi connectivity index (χ1) is 8.66. The summed E-state index contributed by atoms with van der Waals surface area (Å²) >= 11 is 3.39. The topological polar surface area (TPSA) is 43.1 Å². The van der Waals surface area contributed by atoms with Crippen LogP contribution in [0.1, 0.15) is 22.3 Å². The molecule has 2 aromatic rings. The van der Waals surface area contributed by atoms with Crippen molar-refractivity contribution in [2.24, 2.45) is 0 Å². The molecule has 0 heterocycles. The van der Waals surface area contributed by atoms with E-state index in [9.17, 15) is 4.79 Å². The van der Waals surface area contributed by atoms with E-state index in [0.717, 1.165) is 16.5 Å². The quantitative estimate of drug-likeness (QED) is 0.689. The molecular formula is C15H14BrNO. The van der Waals surface area contributed by atoms with Gasteiger partial charge in [0.05, 0.1) is 0 Å². The Morgan fingerprint density at radius 1 is 1.06 bits per heavy atom. The van der Waals surface area contributed by atoms with E-state index >= 15 is 0 Å². The van der Waals surface area contributed by atoms with E-state index in [4.69, 9.17) is 5.73 Å². The largest absolute Gasteiger partial charge is 0.398 e. The van der Waals surface area contributed by atoms with Crippen LogP contribution in [0.15, 0.2) is 53.0 Å². The molecule has 2 rings (SSSR count). The highest BCUT2D eigenvalue weighted by atomic mass is 79.9. The van der Waals surface area contributed by atoms with Gasteiger partial charge >= 0.3 is 0 Å². The number of Topliss-reactive ketones (excluding diaryl/α,β-unsaturated/α-hetero) is 1. The maximum atomic E-state index is 12.0. The van der Waals surface area contributed by atoms with E-state index in [0.29, 0.717) is 17.7 Å². The van der Waals surface area contributed by atoms with E-state index in [2.05, 4.69) is 15.9 Å². The summed E-state index contributed by atoms with van der Waals surface area (Å²) in [5.74, 6) is 0.0935. The van der Waals surface area contributed by atoms with Gasteiger partial charge in [0, 0.05) is 22.1 Å². The van der Waals surface area contributed by atoms with Gasteiger partial charge in [0.15, 0.2) is 5.78 Å². The molecule has 0 aliphatic heterocycles. The van der Waals surface area contributed by atoms with Gasteiger partial charge in [0.1, 0.15) is 0 Å². The number of anilines is 1. The van der Waals surface area contributed by atoms with Crippen LogP contribution in [-0.4, -0.2) is 5.78 Å². The van der Waals surface area contributed by atoms with Crippen LogP contribution < -0.4 is 5.73 Å². The maximum Gasteiger partial charge on any atom is 0.165 e. The lowest BCUT2D eigenvalue weighted by Gasteiger charge is -2.04. The molecule has 0 aliphatic rings. The fourth-order valence-electron chi connectivity index (χ4n) is 1.79. The summed E-state index contributed by atoms with van der Waals surface area (Å²) in [5, 5.41) is 0. The first kappa shape index (κ1) is 12.8. The number of ketones is 1. The molecule has 0 amide bonds. The lowest BCUT2D eigenvalue weighted by molar-refractivity contribution is 0.0983. The van der Waals surface area contributed by atoms with Crippen molar-refractivity contribution in [1.82, 2.24) is 0 Å². The predicted octanol–water partition coefficient (Wildman–Crippen LogP) is 3.85. The van der Waals surface area contributed by atoms with Crippen LogP contribution >= 0.6 is 15.9 Å². The minimum Gasteiger partial charge on any atom is -0.398 e. The molecule has 0 aromatic heterocycles. The molecule has 2 nitrogen and oxygen atoms in total. The Hall–Kier alpha value is -1.61. The second-order valence-electron chi connectivity index (χ2n) is 4.14. The number of nitrogen functional groups attached to an aromatic ring is 1. The van der Waals surface area contributed by atoms with Gasteiger partial charge in [0.2, 0.25) is 0 Å². The summed E-state index contributed by atoms with van der Waals surface area (Å²) in [6.07, 6.45) is 1.22.